The molecule has 2 aliphatic rings. The van der Waals surface area contributed by atoms with Gasteiger partial charge in [-0.05, 0) is 99.2 Å². The summed E-state index contributed by atoms with van der Waals surface area (Å²) in [7, 11) is 0. The van der Waals surface area contributed by atoms with Crippen molar-refractivity contribution < 1.29 is 31.1 Å². The van der Waals surface area contributed by atoms with Gasteiger partial charge in [0.25, 0.3) is 0 Å². The highest BCUT2D eigenvalue weighted by Gasteiger charge is 2.34. The molecule has 3 rings (SSSR count). The fourth-order valence-corrected chi connectivity index (χ4v) is 5.31. The van der Waals surface area contributed by atoms with E-state index >= 15 is 0 Å². The summed E-state index contributed by atoms with van der Waals surface area (Å²) in [6.45, 7) is -0.296. The van der Waals surface area contributed by atoms with Gasteiger partial charge in [-0.25, -0.2) is 8.78 Å². The summed E-state index contributed by atoms with van der Waals surface area (Å²) in [5.74, 6) is -2.13. The molecule has 0 bridgehead atoms. The topological polar surface area (TPSA) is 9.23 Å². The van der Waals surface area contributed by atoms with Crippen molar-refractivity contribution in [3.63, 3.8) is 0 Å². The maximum absolute atomic E-state index is 14.0. The van der Waals surface area contributed by atoms with Crippen molar-refractivity contribution in [2.75, 3.05) is 6.67 Å². The van der Waals surface area contributed by atoms with Crippen LogP contribution in [0.25, 0.3) is 0 Å². The van der Waals surface area contributed by atoms with E-state index in [1.54, 1.807) is 0 Å². The van der Waals surface area contributed by atoms with Crippen LogP contribution < -0.4 is 4.74 Å². The number of hydrogen-bond acceptors (Lipinski definition) is 1. The average Bonchev–Trinajstić information content (AvgIpc) is 2.75. The van der Waals surface area contributed by atoms with Gasteiger partial charge in [0.2, 0.25) is 5.75 Å². The van der Waals surface area contributed by atoms with Crippen LogP contribution in [-0.2, 0) is 0 Å². The first-order valence-electron chi connectivity index (χ1n) is 11.7. The predicted octanol–water partition coefficient (Wildman–Crippen LogP) is 8.64. The molecule has 0 atom stereocenters. The number of rotatable bonds is 8. The SMILES string of the molecule is FCC/C=C/C1CCC(CCC2CCC(c3cc(F)c(OC(F)(F)F)c(F)c3)CC2)CC1. The molecule has 7 heteroatoms. The molecule has 1 aromatic carbocycles. The molecule has 0 aliphatic heterocycles. The first-order chi connectivity index (χ1) is 15.2. The van der Waals surface area contributed by atoms with E-state index in [1.165, 1.54) is 32.1 Å². The minimum atomic E-state index is -5.13. The van der Waals surface area contributed by atoms with Crippen molar-refractivity contribution in [3.8, 4) is 5.75 Å². The first kappa shape index (κ1) is 25.0. The molecule has 2 saturated carbocycles. The van der Waals surface area contributed by atoms with Crippen molar-refractivity contribution in [1.29, 1.82) is 0 Å². The van der Waals surface area contributed by atoms with Crippen LogP contribution in [0.15, 0.2) is 24.3 Å². The van der Waals surface area contributed by atoms with Gasteiger partial charge in [-0.1, -0.05) is 25.0 Å². The van der Waals surface area contributed by atoms with Gasteiger partial charge in [-0.15, -0.1) is 13.2 Å². The van der Waals surface area contributed by atoms with E-state index in [9.17, 15) is 26.3 Å². The Morgan fingerprint density at radius 1 is 0.844 bits per heavy atom. The largest absolute Gasteiger partial charge is 0.573 e. The Kier molecular flexibility index (Phi) is 8.95. The highest BCUT2D eigenvalue weighted by Crippen LogP contribution is 2.41. The summed E-state index contributed by atoms with van der Waals surface area (Å²) in [4.78, 5) is 0. The second kappa shape index (κ2) is 11.5. The van der Waals surface area contributed by atoms with E-state index in [0.717, 1.165) is 50.2 Å². The number of ether oxygens (including phenoxy) is 1. The smallest absolute Gasteiger partial charge is 0.399 e. The fraction of sp³-hybridized carbons (Fsp3) is 0.680. The third-order valence-corrected chi connectivity index (χ3v) is 7.12. The Hall–Kier alpha value is -1.66. The lowest BCUT2D eigenvalue weighted by atomic mass is 9.74. The van der Waals surface area contributed by atoms with Crippen molar-refractivity contribution in [3.05, 3.63) is 41.5 Å². The van der Waals surface area contributed by atoms with Crippen LogP contribution in [0.1, 0.15) is 82.1 Å². The molecule has 2 aliphatic carbocycles. The highest BCUT2D eigenvalue weighted by atomic mass is 19.4. The zero-order chi connectivity index (χ0) is 23.1. The van der Waals surface area contributed by atoms with Gasteiger partial charge in [0.1, 0.15) is 0 Å². The molecule has 0 spiro atoms. The number of halogens is 6. The minimum absolute atomic E-state index is 0.0401. The van der Waals surface area contributed by atoms with Crippen LogP contribution >= 0.6 is 0 Å². The molecule has 0 aromatic heterocycles. The van der Waals surface area contributed by atoms with Crippen LogP contribution in [-0.4, -0.2) is 13.0 Å². The van der Waals surface area contributed by atoms with Gasteiger partial charge < -0.3 is 4.74 Å². The van der Waals surface area contributed by atoms with E-state index in [0.29, 0.717) is 23.8 Å². The monoisotopic (exact) mass is 462 g/mol. The Morgan fingerprint density at radius 2 is 1.38 bits per heavy atom. The van der Waals surface area contributed by atoms with Crippen molar-refractivity contribution in [2.24, 2.45) is 17.8 Å². The average molecular weight is 463 g/mol. The van der Waals surface area contributed by atoms with Gasteiger partial charge in [0.05, 0.1) is 6.67 Å². The molecule has 0 unspecified atom stereocenters. The normalized spacial score (nSPS) is 27.1. The van der Waals surface area contributed by atoms with Gasteiger partial charge in [-0.3, -0.25) is 4.39 Å². The van der Waals surface area contributed by atoms with Crippen LogP contribution in [0.5, 0.6) is 5.75 Å². The lowest BCUT2D eigenvalue weighted by molar-refractivity contribution is -0.276. The van der Waals surface area contributed by atoms with Crippen molar-refractivity contribution in [1.82, 2.24) is 0 Å². The predicted molar refractivity (Wildman–Crippen MR) is 112 cm³/mol. The van der Waals surface area contributed by atoms with E-state index < -0.39 is 23.7 Å². The maximum atomic E-state index is 14.0. The molecule has 0 saturated heterocycles. The maximum Gasteiger partial charge on any atom is 0.573 e. The van der Waals surface area contributed by atoms with Crippen molar-refractivity contribution in [2.45, 2.75) is 82.9 Å². The van der Waals surface area contributed by atoms with Gasteiger partial charge >= 0.3 is 6.36 Å². The molecule has 0 N–H and O–H groups in total. The zero-order valence-electron chi connectivity index (χ0n) is 18.3. The Morgan fingerprint density at radius 3 is 1.88 bits per heavy atom. The van der Waals surface area contributed by atoms with E-state index in [1.807, 2.05) is 6.08 Å². The van der Waals surface area contributed by atoms with Crippen LogP contribution in [0.4, 0.5) is 26.3 Å². The first-order valence-corrected chi connectivity index (χ1v) is 11.7. The Bertz CT molecular complexity index is 720. The molecule has 0 radical (unpaired) electrons. The Labute approximate surface area is 186 Å². The third-order valence-electron chi connectivity index (χ3n) is 7.12. The standard InChI is InChI=1S/C25H32F6O/c26-14-2-1-3-17-4-6-18(7-5-17)8-9-19-10-12-20(13-11-19)21-15-22(27)24(23(28)16-21)32-25(29,30)31/h1,3,15-20H,2,4-14H2/b3-1+. The minimum Gasteiger partial charge on any atom is -0.399 e. The molecule has 1 nitrogen and oxygen atoms in total. The number of benzene rings is 1. The van der Waals surface area contributed by atoms with Gasteiger partial charge in [0, 0.05) is 0 Å². The van der Waals surface area contributed by atoms with E-state index in [-0.39, 0.29) is 12.6 Å². The second-order valence-electron chi connectivity index (χ2n) is 9.34. The summed E-state index contributed by atoms with van der Waals surface area (Å²) < 4.78 is 80.7. The molecule has 1 aromatic rings. The Balaban J connectivity index is 1.42. The third kappa shape index (κ3) is 7.45. The highest BCUT2D eigenvalue weighted by molar-refractivity contribution is 5.33. The fourth-order valence-electron chi connectivity index (χ4n) is 5.31. The summed E-state index contributed by atoms with van der Waals surface area (Å²) in [6.07, 6.45) is 10.1. The number of alkyl halides is 4. The van der Waals surface area contributed by atoms with Gasteiger partial charge in [0.15, 0.2) is 11.6 Å². The lowest BCUT2D eigenvalue weighted by Gasteiger charge is -2.31. The zero-order valence-corrected chi connectivity index (χ0v) is 18.3. The van der Waals surface area contributed by atoms with Crippen LogP contribution in [0.3, 0.4) is 0 Å². The van der Waals surface area contributed by atoms with E-state index in [2.05, 4.69) is 10.8 Å². The quantitative estimate of drug-likeness (QED) is 0.277. The van der Waals surface area contributed by atoms with E-state index in [4.69, 9.17) is 0 Å². The molecule has 32 heavy (non-hydrogen) atoms. The van der Waals surface area contributed by atoms with Crippen LogP contribution in [0.2, 0.25) is 0 Å². The molecular formula is C25H32F6O. The summed E-state index contributed by atoms with van der Waals surface area (Å²) >= 11 is 0. The van der Waals surface area contributed by atoms with Crippen LogP contribution in [0, 0.1) is 29.4 Å². The summed E-state index contributed by atoms with van der Waals surface area (Å²) in [6, 6.07) is 1.96. The summed E-state index contributed by atoms with van der Waals surface area (Å²) in [5.41, 5.74) is 0.409. The second-order valence-corrected chi connectivity index (χ2v) is 9.34. The molecule has 0 heterocycles. The molecular weight excluding hydrogens is 430 g/mol. The molecule has 2 fully saturated rings. The van der Waals surface area contributed by atoms with Gasteiger partial charge in [-0.2, -0.15) is 0 Å². The van der Waals surface area contributed by atoms with Crippen molar-refractivity contribution >= 4 is 0 Å². The molecule has 180 valence electrons. The number of allylic oxidation sites excluding steroid dienone is 2. The lowest BCUT2D eigenvalue weighted by Crippen LogP contribution is -2.20. The summed E-state index contributed by atoms with van der Waals surface area (Å²) in [5, 5.41) is 0. The number of hydrogen-bond donors (Lipinski definition) is 0. The molecule has 0 amide bonds.